The fourth-order valence-corrected chi connectivity index (χ4v) is 0.971. The molecule has 0 aliphatic heterocycles. The Bertz CT molecular complexity index is 313. The smallest absolute Gasteiger partial charge is 0.410 e. The molecule has 0 atom stereocenters. The molecule has 0 aromatic carbocycles. The van der Waals surface area contributed by atoms with Gasteiger partial charge in [-0.15, -0.1) is 0 Å². The summed E-state index contributed by atoms with van der Waals surface area (Å²) in [5.74, 6) is -0.624. The molecule has 0 saturated carbocycles. The van der Waals surface area contributed by atoms with Gasteiger partial charge < -0.3 is 9.84 Å². The van der Waals surface area contributed by atoms with Crippen LogP contribution < -0.4 is 9.57 Å². The standard InChI is InChI=1S/C9H12NO4/c1-2-14-10-6-4-3-5-8(10)9(12)13-7-11/h3-6,11H,2,7H2,1H3/q+1. The first-order valence-corrected chi connectivity index (χ1v) is 4.21. The lowest BCUT2D eigenvalue weighted by Crippen LogP contribution is -2.47. The molecule has 1 heterocycles. The molecule has 14 heavy (non-hydrogen) atoms. The topological polar surface area (TPSA) is 59.6 Å². The molecule has 0 radical (unpaired) electrons. The van der Waals surface area contributed by atoms with E-state index in [0.29, 0.717) is 6.61 Å². The van der Waals surface area contributed by atoms with Gasteiger partial charge in [-0.2, -0.15) is 0 Å². The van der Waals surface area contributed by atoms with E-state index in [1.54, 1.807) is 31.3 Å². The van der Waals surface area contributed by atoms with Crippen LogP contribution in [0.1, 0.15) is 17.4 Å². The third-order valence-corrected chi connectivity index (χ3v) is 1.50. The van der Waals surface area contributed by atoms with Crippen LogP contribution in [0.5, 0.6) is 0 Å². The van der Waals surface area contributed by atoms with E-state index in [9.17, 15) is 4.79 Å². The molecule has 1 N–H and O–H groups in total. The Kier molecular flexibility index (Phi) is 3.87. The molecule has 0 saturated heterocycles. The van der Waals surface area contributed by atoms with Crippen molar-refractivity contribution < 1.29 is 24.2 Å². The molecule has 0 fully saturated rings. The van der Waals surface area contributed by atoms with Crippen molar-refractivity contribution in [3.63, 3.8) is 0 Å². The summed E-state index contributed by atoms with van der Waals surface area (Å²) in [6.45, 7) is 1.61. The molecule has 0 aliphatic carbocycles. The summed E-state index contributed by atoms with van der Waals surface area (Å²) < 4.78 is 5.73. The summed E-state index contributed by atoms with van der Waals surface area (Å²) in [7, 11) is 0. The second-order valence-electron chi connectivity index (χ2n) is 2.39. The van der Waals surface area contributed by atoms with Gasteiger partial charge in [0.2, 0.25) is 6.20 Å². The Morgan fingerprint density at radius 2 is 2.36 bits per heavy atom. The fraction of sp³-hybridized carbons (Fsp3) is 0.333. The number of aromatic nitrogens is 1. The largest absolute Gasteiger partial charge is 0.431 e. The first-order valence-electron chi connectivity index (χ1n) is 4.21. The lowest BCUT2D eigenvalue weighted by atomic mass is 10.3. The third-order valence-electron chi connectivity index (χ3n) is 1.50. The Balaban J connectivity index is 2.88. The zero-order valence-corrected chi connectivity index (χ0v) is 7.84. The first kappa shape index (κ1) is 10.5. The maximum atomic E-state index is 11.3. The van der Waals surface area contributed by atoms with Crippen LogP contribution in [0.25, 0.3) is 0 Å². The van der Waals surface area contributed by atoms with Crippen molar-refractivity contribution in [1.29, 1.82) is 0 Å². The number of esters is 1. The average Bonchev–Trinajstić information content (AvgIpc) is 2.19. The van der Waals surface area contributed by atoms with Crippen LogP contribution in [0, 0.1) is 0 Å². The van der Waals surface area contributed by atoms with E-state index in [2.05, 4.69) is 4.74 Å². The molecule has 0 spiro atoms. The molecule has 76 valence electrons. The van der Waals surface area contributed by atoms with Gasteiger partial charge in [0.15, 0.2) is 13.4 Å². The number of carbonyl (C=O) groups excluding carboxylic acids is 1. The molecule has 5 nitrogen and oxygen atoms in total. The number of pyridine rings is 1. The number of carbonyl (C=O) groups is 1. The van der Waals surface area contributed by atoms with E-state index in [-0.39, 0.29) is 5.69 Å². The number of aliphatic hydroxyl groups excluding tert-OH is 1. The molecular formula is C9H12NO4+. The van der Waals surface area contributed by atoms with Gasteiger partial charge in [-0.1, -0.05) is 0 Å². The molecule has 1 rings (SSSR count). The minimum Gasteiger partial charge on any atom is -0.431 e. The lowest BCUT2D eigenvalue weighted by Gasteiger charge is -2.00. The predicted molar refractivity (Wildman–Crippen MR) is 46.3 cm³/mol. The Labute approximate surface area is 81.5 Å². The zero-order chi connectivity index (χ0) is 10.4. The van der Waals surface area contributed by atoms with Gasteiger partial charge >= 0.3 is 11.7 Å². The normalized spacial score (nSPS) is 9.57. The van der Waals surface area contributed by atoms with Crippen molar-refractivity contribution in [2.75, 3.05) is 13.4 Å². The van der Waals surface area contributed by atoms with Gasteiger partial charge in [0.25, 0.3) is 0 Å². The van der Waals surface area contributed by atoms with E-state index >= 15 is 0 Å². The molecule has 0 unspecified atom stereocenters. The Morgan fingerprint density at radius 3 is 3.00 bits per heavy atom. The summed E-state index contributed by atoms with van der Waals surface area (Å²) in [4.78, 5) is 16.4. The monoisotopic (exact) mass is 198 g/mol. The van der Waals surface area contributed by atoms with Crippen LogP contribution in [0.15, 0.2) is 24.4 Å². The number of ether oxygens (including phenoxy) is 1. The summed E-state index contributed by atoms with van der Waals surface area (Å²) in [6, 6.07) is 4.96. The summed E-state index contributed by atoms with van der Waals surface area (Å²) in [5, 5.41) is 8.43. The second-order valence-corrected chi connectivity index (χ2v) is 2.39. The van der Waals surface area contributed by atoms with Crippen molar-refractivity contribution in [1.82, 2.24) is 0 Å². The minimum atomic E-state index is -0.639. The van der Waals surface area contributed by atoms with Crippen molar-refractivity contribution in [2.24, 2.45) is 0 Å². The van der Waals surface area contributed by atoms with Gasteiger partial charge in [-0.25, -0.2) is 4.79 Å². The molecule has 0 amide bonds. The number of hydrogen-bond acceptors (Lipinski definition) is 4. The van der Waals surface area contributed by atoms with Crippen molar-refractivity contribution in [3.05, 3.63) is 30.1 Å². The Hall–Kier alpha value is -1.62. The van der Waals surface area contributed by atoms with Crippen molar-refractivity contribution >= 4 is 5.97 Å². The van der Waals surface area contributed by atoms with Crippen LogP contribution in [-0.2, 0) is 4.74 Å². The SMILES string of the molecule is CCO[n+]1ccccc1C(=O)OCO. The quantitative estimate of drug-likeness (QED) is 0.403. The van der Waals surface area contributed by atoms with Crippen LogP contribution in [-0.4, -0.2) is 24.5 Å². The highest BCUT2D eigenvalue weighted by Crippen LogP contribution is 1.93. The predicted octanol–water partition coefficient (Wildman–Crippen LogP) is -0.471. The van der Waals surface area contributed by atoms with Crippen LogP contribution >= 0.6 is 0 Å². The molecule has 1 aromatic rings. The number of nitrogens with zero attached hydrogens (tertiary/aromatic N) is 1. The Morgan fingerprint density at radius 1 is 1.57 bits per heavy atom. The molecule has 1 aromatic heterocycles. The van der Waals surface area contributed by atoms with Crippen molar-refractivity contribution in [2.45, 2.75) is 6.92 Å². The van der Waals surface area contributed by atoms with E-state index in [0.717, 1.165) is 0 Å². The highest BCUT2D eigenvalue weighted by Gasteiger charge is 2.21. The van der Waals surface area contributed by atoms with Crippen LogP contribution in [0.4, 0.5) is 0 Å². The molecule has 0 bridgehead atoms. The average molecular weight is 198 g/mol. The number of aliphatic hydroxyl groups is 1. The molecule has 5 heteroatoms. The highest BCUT2D eigenvalue weighted by atomic mass is 16.7. The lowest BCUT2D eigenvalue weighted by molar-refractivity contribution is -0.892. The first-order chi connectivity index (χ1) is 6.79. The van der Waals surface area contributed by atoms with Gasteiger partial charge in [0.05, 0.1) is 0 Å². The van der Waals surface area contributed by atoms with E-state index < -0.39 is 12.8 Å². The fourth-order valence-electron chi connectivity index (χ4n) is 0.971. The molecular weight excluding hydrogens is 186 g/mol. The number of rotatable bonds is 4. The van der Waals surface area contributed by atoms with Crippen molar-refractivity contribution in [3.8, 4) is 0 Å². The zero-order valence-electron chi connectivity index (χ0n) is 7.84. The number of hydrogen-bond donors (Lipinski definition) is 1. The summed E-state index contributed by atoms with van der Waals surface area (Å²) >= 11 is 0. The van der Waals surface area contributed by atoms with Gasteiger partial charge in [0.1, 0.15) is 0 Å². The molecule has 0 aliphatic rings. The summed E-state index contributed by atoms with van der Waals surface area (Å²) in [6.07, 6.45) is 1.59. The summed E-state index contributed by atoms with van der Waals surface area (Å²) in [5.41, 5.74) is 0.239. The van der Waals surface area contributed by atoms with Gasteiger partial charge in [-0.05, 0) is 13.0 Å². The highest BCUT2D eigenvalue weighted by molar-refractivity contribution is 5.85. The maximum absolute atomic E-state index is 11.3. The third kappa shape index (κ3) is 2.43. The van der Waals surface area contributed by atoms with E-state index in [4.69, 9.17) is 9.94 Å². The van der Waals surface area contributed by atoms with E-state index in [1.165, 1.54) is 4.73 Å². The maximum Gasteiger partial charge on any atom is 0.410 e. The van der Waals surface area contributed by atoms with Gasteiger partial charge in [0, 0.05) is 16.9 Å². The van der Waals surface area contributed by atoms with Crippen LogP contribution in [0.3, 0.4) is 0 Å². The second kappa shape index (κ2) is 5.18. The van der Waals surface area contributed by atoms with E-state index in [1.807, 2.05) is 0 Å². The van der Waals surface area contributed by atoms with Gasteiger partial charge in [-0.3, -0.25) is 4.84 Å². The van der Waals surface area contributed by atoms with Crippen LogP contribution in [0.2, 0.25) is 0 Å². The minimum absolute atomic E-state index is 0.239.